The van der Waals surface area contributed by atoms with Crippen LogP contribution in [0.15, 0.2) is 18.2 Å². The monoisotopic (exact) mass is 275 g/mol. The van der Waals surface area contributed by atoms with Crippen molar-refractivity contribution in [3.63, 3.8) is 0 Å². The van der Waals surface area contributed by atoms with Crippen molar-refractivity contribution in [2.75, 3.05) is 13.6 Å². The van der Waals surface area contributed by atoms with Gasteiger partial charge in [0, 0.05) is 19.2 Å². The van der Waals surface area contributed by atoms with Gasteiger partial charge in [0.25, 0.3) is 5.91 Å². The molecule has 0 aliphatic rings. The Kier molecular flexibility index (Phi) is 4.78. The van der Waals surface area contributed by atoms with E-state index in [1.165, 1.54) is 24.1 Å². The molecule has 0 atom stereocenters. The number of nitrogens with zero attached hydrogens (tertiary/aromatic N) is 1. The van der Waals surface area contributed by atoms with Gasteiger partial charge in [-0.2, -0.15) is 0 Å². The normalized spacial score (nSPS) is 10.1. The molecule has 0 aliphatic carbocycles. The molecule has 0 aromatic heterocycles. The van der Waals surface area contributed by atoms with Gasteiger partial charge in [-0.1, -0.05) is 23.2 Å². The summed E-state index contributed by atoms with van der Waals surface area (Å²) in [5, 5.41) is 9.19. The van der Waals surface area contributed by atoms with Crippen LogP contribution < -0.4 is 0 Å². The molecule has 1 aromatic carbocycles. The minimum Gasteiger partial charge on any atom is -0.481 e. The third-order valence-electron chi connectivity index (χ3n) is 2.17. The lowest BCUT2D eigenvalue weighted by Crippen LogP contribution is -2.29. The van der Waals surface area contributed by atoms with Crippen LogP contribution in [0.1, 0.15) is 16.8 Å². The number of amides is 1. The lowest BCUT2D eigenvalue weighted by molar-refractivity contribution is -0.137. The Balaban J connectivity index is 2.74. The number of carbonyl (C=O) groups is 2. The average molecular weight is 276 g/mol. The van der Waals surface area contributed by atoms with Gasteiger partial charge in [0.15, 0.2) is 0 Å². The second-order valence-electron chi connectivity index (χ2n) is 3.50. The van der Waals surface area contributed by atoms with Crippen LogP contribution in [0.5, 0.6) is 0 Å². The molecule has 4 nitrogen and oxygen atoms in total. The number of carbonyl (C=O) groups excluding carboxylic acids is 1. The number of hydrogen-bond donors (Lipinski definition) is 1. The van der Waals surface area contributed by atoms with Crippen molar-refractivity contribution >= 4 is 35.1 Å². The van der Waals surface area contributed by atoms with Gasteiger partial charge in [-0.05, 0) is 18.2 Å². The molecular formula is C11H11Cl2NO3. The van der Waals surface area contributed by atoms with E-state index in [9.17, 15) is 9.59 Å². The van der Waals surface area contributed by atoms with Crippen LogP contribution in [0.25, 0.3) is 0 Å². The van der Waals surface area contributed by atoms with E-state index >= 15 is 0 Å². The average Bonchev–Trinajstić information content (AvgIpc) is 2.28. The largest absolute Gasteiger partial charge is 0.481 e. The second kappa shape index (κ2) is 5.89. The first-order valence-electron chi connectivity index (χ1n) is 4.84. The van der Waals surface area contributed by atoms with Gasteiger partial charge in [0.1, 0.15) is 0 Å². The Morgan fingerprint density at radius 3 is 2.47 bits per heavy atom. The molecule has 1 amide bonds. The van der Waals surface area contributed by atoms with E-state index in [0.717, 1.165) is 0 Å². The summed E-state index contributed by atoms with van der Waals surface area (Å²) in [4.78, 5) is 23.6. The number of aliphatic carboxylic acids is 1. The van der Waals surface area contributed by atoms with E-state index in [2.05, 4.69) is 0 Å². The van der Waals surface area contributed by atoms with Crippen LogP contribution in [0.3, 0.4) is 0 Å². The predicted molar refractivity (Wildman–Crippen MR) is 65.7 cm³/mol. The molecule has 0 fully saturated rings. The van der Waals surface area contributed by atoms with Crippen molar-refractivity contribution in [2.45, 2.75) is 6.42 Å². The smallest absolute Gasteiger partial charge is 0.305 e. The van der Waals surface area contributed by atoms with Gasteiger partial charge < -0.3 is 10.0 Å². The summed E-state index contributed by atoms with van der Waals surface area (Å²) in [6.45, 7) is 0.147. The van der Waals surface area contributed by atoms with Crippen molar-refractivity contribution in [2.24, 2.45) is 0 Å². The van der Waals surface area contributed by atoms with Crippen LogP contribution in [-0.2, 0) is 4.79 Å². The third-order valence-corrected chi connectivity index (χ3v) is 2.91. The minimum atomic E-state index is -0.946. The Morgan fingerprint density at radius 1 is 1.29 bits per heavy atom. The van der Waals surface area contributed by atoms with Gasteiger partial charge in [0.2, 0.25) is 0 Å². The molecule has 0 heterocycles. The molecule has 1 rings (SSSR count). The summed E-state index contributed by atoms with van der Waals surface area (Å²) in [5.41, 5.74) is 0.382. The number of halogens is 2. The van der Waals surface area contributed by atoms with Gasteiger partial charge in [0.05, 0.1) is 16.5 Å². The van der Waals surface area contributed by atoms with Crippen molar-refractivity contribution in [1.29, 1.82) is 0 Å². The van der Waals surface area contributed by atoms with E-state index in [0.29, 0.717) is 15.6 Å². The summed E-state index contributed by atoms with van der Waals surface area (Å²) in [6, 6.07) is 4.54. The first-order valence-corrected chi connectivity index (χ1v) is 5.59. The predicted octanol–water partition coefficient (Wildman–Crippen LogP) is 2.54. The Labute approximate surface area is 109 Å². The summed E-state index contributed by atoms with van der Waals surface area (Å²) < 4.78 is 0. The van der Waals surface area contributed by atoms with Crippen LogP contribution in [0, 0.1) is 0 Å². The van der Waals surface area contributed by atoms with E-state index in [1.807, 2.05) is 0 Å². The topological polar surface area (TPSA) is 57.6 Å². The number of carboxylic acids is 1. The van der Waals surface area contributed by atoms with E-state index in [1.54, 1.807) is 6.07 Å². The number of benzene rings is 1. The van der Waals surface area contributed by atoms with E-state index in [-0.39, 0.29) is 18.9 Å². The number of rotatable bonds is 4. The zero-order chi connectivity index (χ0) is 13.0. The molecule has 0 unspecified atom stereocenters. The van der Waals surface area contributed by atoms with Crippen molar-refractivity contribution in [3.05, 3.63) is 33.8 Å². The fourth-order valence-electron chi connectivity index (χ4n) is 1.21. The van der Waals surface area contributed by atoms with Gasteiger partial charge in [-0.15, -0.1) is 0 Å². The zero-order valence-electron chi connectivity index (χ0n) is 9.11. The molecule has 17 heavy (non-hydrogen) atoms. The summed E-state index contributed by atoms with van der Waals surface area (Å²) >= 11 is 11.5. The van der Waals surface area contributed by atoms with Gasteiger partial charge in [-0.3, -0.25) is 9.59 Å². The lowest BCUT2D eigenvalue weighted by Gasteiger charge is -2.16. The first-order chi connectivity index (χ1) is 7.91. The molecule has 0 saturated heterocycles. The molecule has 0 radical (unpaired) electrons. The fourth-order valence-corrected chi connectivity index (χ4v) is 1.51. The maximum Gasteiger partial charge on any atom is 0.305 e. The van der Waals surface area contributed by atoms with Gasteiger partial charge >= 0.3 is 5.97 Å². The molecule has 92 valence electrons. The van der Waals surface area contributed by atoms with Crippen LogP contribution in [0.4, 0.5) is 0 Å². The van der Waals surface area contributed by atoms with Crippen molar-refractivity contribution in [1.82, 2.24) is 4.90 Å². The highest BCUT2D eigenvalue weighted by atomic mass is 35.5. The van der Waals surface area contributed by atoms with E-state index in [4.69, 9.17) is 28.3 Å². The Bertz CT molecular complexity index is 448. The maximum atomic E-state index is 11.9. The quantitative estimate of drug-likeness (QED) is 0.919. The SMILES string of the molecule is CN(CCC(=O)O)C(=O)c1ccc(Cl)c(Cl)c1. The molecule has 0 aliphatic heterocycles. The zero-order valence-corrected chi connectivity index (χ0v) is 10.6. The third kappa shape index (κ3) is 3.91. The molecule has 0 spiro atoms. The Hall–Kier alpha value is -1.26. The fraction of sp³-hybridized carbons (Fsp3) is 0.273. The molecule has 1 aromatic rings. The summed E-state index contributed by atoms with van der Waals surface area (Å²) in [6.07, 6.45) is -0.0937. The summed E-state index contributed by atoms with van der Waals surface area (Å²) in [7, 11) is 1.54. The Morgan fingerprint density at radius 2 is 1.94 bits per heavy atom. The van der Waals surface area contributed by atoms with Crippen LogP contribution in [-0.4, -0.2) is 35.5 Å². The standard InChI is InChI=1S/C11H11Cl2NO3/c1-14(5-4-10(15)16)11(17)7-2-3-8(12)9(13)6-7/h2-3,6H,4-5H2,1H3,(H,15,16). The van der Waals surface area contributed by atoms with Gasteiger partial charge in [-0.25, -0.2) is 0 Å². The van der Waals surface area contributed by atoms with Crippen molar-refractivity contribution in [3.8, 4) is 0 Å². The molecule has 1 N–H and O–H groups in total. The van der Waals surface area contributed by atoms with Crippen LogP contribution in [0.2, 0.25) is 10.0 Å². The number of hydrogen-bond acceptors (Lipinski definition) is 2. The second-order valence-corrected chi connectivity index (χ2v) is 4.31. The molecule has 0 bridgehead atoms. The highest BCUT2D eigenvalue weighted by Gasteiger charge is 2.13. The maximum absolute atomic E-state index is 11.9. The molecule has 0 saturated carbocycles. The van der Waals surface area contributed by atoms with Crippen LogP contribution >= 0.6 is 23.2 Å². The first kappa shape index (κ1) is 13.8. The minimum absolute atomic E-state index is 0.0937. The lowest BCUT2D eigenvalue weighted by atomic mass is 10.2. The van der Waals surface area contributed by atoms with Crippen molar-refractivity contribution < 1.29 is 14.7 Å². The highest BCUT2D eigenvalue weighted by molar-refractivity contribution is 6.42. The highest BCUT2D eigenvalue weighted by Crippen LogP contribution is 2.23. The van der Waals surface area contributed by atoms with E-state index < -0.39 is 5.97 Å². The molecular weight excluding hydrogens is 265 g/mol. The summed E-state index contributed by atoms with van der Waals surface area (Å²) in [5.74, 6) is -1.23. The molecule has 6 heteroatoms. The number of carboxylic acid groups (broad SMARTS) is 1.